The fourth-order valence-corrected chi connectivity index (χ4v) is 4.27. The monoisotopic (exact) mass is 346 g/mol. The van der Waals surface area contributed by atoms with Gasteiger partial charge in [0.05, 0.1) is 0 Å². The summed E-state index contributed by atoms with van der Waals surface area (Å²) in [6, 6.07) is 6.44. The molecule has 0 aromatic heterocycles. The number of carbonyl (C=O) groups is 2. The number of nitrogens with zero attached hydrogens (tertiary/aromatic N) is 2. The van der Waals surface area contributed by atoms with Crippen molar-refractivity contribution in [2.75, 3.05) is 13.1 Å². The van der Waals surface area contributed by atoms with Gasteiger partial charge in [-0.25, -0.2) is 4.39 Å². The number of hydrogen-bond acceptors (Lipinski definition) is 2. The van der Waals surface area contributed by atoms with Crippen molar-refractivity contribution in [3.05, 3.63) is 35.6 Å². The fraction of sp³-hybridized carbons (Fsp3) is 0.600. The van der Waals surface area contributed by atoms with E-state index >= 15 is 0 Å². The summed E-state index contributed by atoms with van der Waals surface area (Å²) in [5.41, 5.74) is 0.323. The Balaban J connectivity index is 1.71. The van der Waals surface area contributed by atoms with Crippen molar-refractivity contribution in [2.45, 2.75) is 64.0 Å². The van der Waals surface area contributed by atoms with Gasteiger partial charge in [-0.3, -0.25) is 9.59 Å². The molecule has 2 aliphatic heterocycles. The number of amides is 2. The van der Waals surface area contributed by atoms with E-state index < -0.39 is 5.54 Å². The topological polar surface area (TPSA) is 40.6 Å². The maximum absolute atomic E-state index is 13.1. The van der Waals surface area contributed by atoms with E-state index in [0.29, 0.717) is 19.4 Å². The van der Waals surface area contributed by atoms with Crippen LogP contribution in [0.15, 0.2) is 24.3 Å². The highest BCUT2D eigenvalue weighted by Crippen LogP contribution is 2.39. The summed E-state index contributed by atoms with van der Waals surface area (Å²) in [7, 11) is 0. The summed E-state index contributed by atoms with van der Waals surface area (Å²) in [4.78, 5) is 29.7. The Morgan fingerprint density at radius 1 is 1.16 bits per heavy atom. The van der Waals surface area contributed by atoms with Crippen molar-refractivity contribution in [1.82, 2.24) is 9.80 Å². The van der Waals surface area contributed by atoms with Gasteiger partial charge in [0.15, 0.2) is 0 Å². The van der Waals surface area contributed by atoms with E-state index in [2.05, 4.69) is 0 Å². The number of piperidine rings is 1. The molecule has 1 aromatic carbocycles. The van der Waals surface area contributed by atoms with Crippen molar-refractivity contribution < 1.29 is 14.0 Å². The SMILES string of the molecule is CC(C)N1CCCC2(CCCN2C(=O)CCc2ccc(F)cc2)C1=O. The number of aryl methyl sites for hydroxylation is 1. The van der Waals surface area contributed by atoms with Gasteiger partial charge in [0.2, 0.25) is 11.8 Å². The molecule has 2 heterocycles. The van der Waals surface area contributed by atoms with Crippen LogP contribution in [0.4, 0.5) is 4.39 Å². The second-order valence-corrected chi connectivity index (χ2v) is 7.50. The highest BCUT2D eigenvalue weighted by Gasteiger charge is 2.52. The molecule has 1 aromatic rings. The third-order valence-corrected chi connectivity index (χ3v) is 5.60. The molecule has 2 fully saturated rings. The molecule has 2 amide bonds. The van der Waals surface area contributed by atoms with E-state index in [1.165, 1.54) is 12.1 Å². The van der Waals surface area contributed by atoms with E-state index in [9.17, 15) is 14.0 Å². The second-order valence-electron chi connectivity index (χ2n) is 7.50. The summed E-state index contributed by atoms with van der Waals surface area (Å²) in [6.07, 6.45) is 4.33. The fourth-order valence-electron chi connectivity index (χ4n) is 4.27. The molecule has 3 rings (SSSR count). The molecule has 1 atom stereocenters. The molecule has 1 unspecified atom stereocenters. The molecule has 0 saturated carbocycles. The molecule has 1 spiro atoms. The van der Waals surface area contributed by atoms with Crippen molar-refractivity contribution in [2.24, 2.45) is 0 Å². The molecule has 136 valence electrons. The van der Waals surface area contributed by atoms with Crippen molar-refractivity contribution >= 4 is 11.8 Å². The number of rotatable bonds is 4. The van der Waals surface area contributed by atoms with E-state index in [1.54, 1.807) is 12.1 Å². The average molecular weight is 346 g/mol. The van der Waals surface area contributed by atoms with Gasteiger partial charge < -0.3 is 9.80 Å². The zero-order valence-electron chi connectivity index (χ0n) is 15.1. The van der Waals surface area contributed by atoms with Gasteiger partial charge in [0, 0.05) is 25.6 Å². The lowest BCUT2D eigenvalue weighted by Gasteiger charge is -2.46. The third-order valence-electron chi connectivity index (χ3n) is 5.60. The lowest BCUT2D eigenvalue weighted by Crippen LogP contribution is -2.62. The summed E-state index contributed by atoms with van der Waals surface area (Å²) < 4.78 is 13.0. The Bertz CT molecular complexity index is 644. The molecular formula is C20H27FN2O2. The quantitative estimate of drug-likeness (QED) is 0.840. The first-order valence-electron chi connectivity index (χ1n) is 9.30. The summed E-state index contributed by atoms with van der Waals surface area (Å²) in [5, 5.41) is 0. The first-order chi connectivity index (χ1) is 11.9. The van der Waals surface area contributed by atoms with E-state index in [0.717, 1.165) is 37.8 Å². The maximum Gasteiger partial charge on any atom is 0.248 e. The van der Waals surface area contributed by atoms with Crippen molar-refractivity contribution in [1.29, 1.82) is 0 Å². The first kappa shape index (κ1) is 17.9. The molecular weight excluding hydrogens is 319 g/mol. The Morgan fingerprint density at radius 2 is 1.80 bits per heavy atom. The molecule has 0 bridgehead atoms. The van der Waals surface area contributed by atoms with Crippen LogP contribution in [0.2, 0.25) is 0 Å². The number of benzene rings is 1. The third kappa shape index (κ3) is 3.42. The molecule has 2 aliphatic rings. The van der Waals surface area contributed by atoms with Crippen LogP contribution in [-0.4, -0.2) is 46.3 Å². The maximum atomic E-state index is 13.1. The van der Waals surface area contributed by atoms with Crippen LogP contribution < -0.4 is 0 Å². The molecule has 0 aliphatic carbocycles. The smallest absolute Gasteiger partial charge is 0.248 e. The Morgan fingerprint density at radius 3 is 2.44 bits per heavy atom. The minimum Gasteiger partial charge on any atom is -0.338 e. The largest absolute Gasteiger partial charge is 0.338 e. The minimum absolute atomic E-state index is 0.0424. The number of hydrogen-bond donors (Lipinski definition) is 0. The van der Waals surface area contributed by atoms with Crippen molar-refractivity contribution in [3.8, 4) is 0 Å². The van der Waals surface area contributed by atoms with Gasteiger partial charge in [0.25, 0.3) is 0 Å². The van der Waals surface area contributed by atoms with Crippen LogP contribution in [-0.2, 0) is 16.0 Å². The Hall–Kier alpha value is -1.91. The van der Waals surface area contributed by atoms with E-state index in [-0.39, 0.29) is 23.7 Å². The normalized spacial score (nSPS) is 23.8. The highest BCUT2D eigenvalue weighted by atomic mass is 19.1. The highest BCUT2D eigenvalue weighted by molar-refractivity contribution is 5.93. The lowest BCUT2D eigenvalue weighted by molar-refractivity contribution is -0.156. The van der Waals surface area contributed by atoms with E-state index in [1.807, 2.05) is 23.6 Å². The Labute approximate surface area is 149 Å². The van der Waals surface area contributed by atoms with Crippen LogP contribution in [0.25, 0.3) is 0 Å². The van der Waals surface area contributed by atoms with Crippen LogP contribution in [0, 0.1) is 5.82 Å². The predicted octanol–water partition coefficient (Wildman–Crippen LogP) is 3.15. The predicted molar refractivity (Wildman–Crippen MR) is 94.5 cm³/mol. The van der Waals surface area contributed by atoms with Gasteiger partial charge in [-0.2, -0.15) is 0 Å². The molecule has 0 N–H and O–H groups in total. The molecule has 2 saturated heterocycles. The van der Waals surface area contributed by atoms with Crippen LogP contribution >= 0.6 is 0 Å². The molecule has 4 nitrogen and oxygen atoms in total. The number of likely N-dealkylation sites (tertiary alicyclic amines) is 2. The summed E-state index contributed by atoms with van der Waals surface area (Å²) >= 11 is 0. The van der Waals surface area contributed by atoms with Crippen molar-refractivity contribution in [3.63, 3.8) is 0 Å². The van der Waals surface area contributed by atoms with Gasteiger partial charge in [-0.1, -0.05) is 12.1 Å². The van der Waals surface area contributed by atoms with Gasteiger partial charge >= 0.3 is 0 Å². The van der Waals surface area contributed by atoms with Crippen LogP contribution in [0.1, 0.15) is 51.5 Å². The van der Waals surface area contributed by atoms with E-state index in [4.69, 9.17) is 0 Å². The summed E-state index contributed by atoms with van der Waals surface area (Å²) in [6.45, 7) is 5.52. The molecule has 5 heteroatoms. The zero-order chi connectivity index (χ0) is 18.0. The standard InChI is InChI=1S/C20H27FN2O2/c1-15(2)22-13-3-11-20(19(22)25)12-4-14-23(20)18(24)10-7-16-5-8-17(21)9-6-16/h5-6,8-9,15H,3-4,7,10-14H2,1-2H3. The average Bonchev–Trinajstić information content (AvgIpc) is 3.01. The van der Waals surface area contributed by atoms with Gasteiger partial charge in [-0.05, 0) is 63.6 Å². The lowest BCUT2D eigenvalue weighted by atomic mass is 9.84. The van der Waals surface area contributed by atoms with Crippen LogP contribution in [0.3, 0.4) is 0 Å². The van der Waals surface area contributed by atoms with Gasteiger partial charge in [0.1, 0.15) is 11.4 Å². The summed E-state index contributed by atoms with van der Waals surface area (Å²) in [5.74, 6) is -0.0997. The number of carbonyl (C=O) groups excluding carboxylic acids is 2. The minimum atomic E-state index is -0.623. The number of halogens is 1. The second kappa shape index (κ2) is 7.14. The zero-order valence-corrected chi connectivity index (χ0v) is 15.1. The molecule has 25 heavy (non-hydrogen) atoms. The first-order valence-corrected chi connectivity index (χ1v) is 9.30. The van der Waals surface area contributed by atoms with Gasteiger partial charge in [-0.15, -0.1) is 0 Å². The molecule has 0 radical (unpaired) electrons. The van der Waals surface area contributed by atoms with Crippen LogP contribution in [0.5, 0.6) is 0 Å². The Kier molecular flexibility index (Phi) is 5.11.